The quantitative estimate of drug-likeness (QED) is 0.420. The molecule has 66 valence electrons. The minimum Gasteiger partial charge on any atom is -0.258 e. The highest BCUT2D eigenvalue weighted by atomic mass is 32.3. The third-order valence-electron chi connectivity index (χ3n) is 1.04. The van der Waals surface area contributed by atoms with E-state index >= 15 is 0 Å². The van der Waals surface area contributed by atoms with Crippen molar-refractivity contribution in [3.05, 3.63) is 21.6 Å². The first kappa shape index (κ1) is 9.07. The van der Waals surface area contributed by atoms with Gasteiger partial charge >= 0.3 is 15.2 Å². The van der Waals surface area contributed by atoms with Gasteiger partial charge in [-0.05, 0) is 11.4 Å². The van der Waals surface area contributed by atoms with Gasteiger partial charge in [0.1, 0.15) is 0 Å². The van der Waals surface area contributed by atoms with Crippen molar-refractivity contribution in [2.75, 3.05) is 0 Å². The van der Waals surface area contributed by atoms with Gasteiger partial charge in [0.2, 0.25) is 0 Å². The molecular formula is C4H2FNO4S2. The minimum absolute atomic E-state index is 0.566. The molecule has 0 saturated carbocycles. The standard InChI is InChI=1S/C4H2FNO4S2/c5-12(9,10)3-1-2-11-4(3)6(7)8/h1-2H. The summed E-state index contributed by atoms with van der Waals surface area (Å²) in [6, 6.07) is 0.859. The molecule has 8 heteroatoms. The van der Waals surface area contributed by atoms with Crippen molar-refractivity contribution in [3.8, 4) is 0 Å². The molecule has 0 aliphatic carbocycles. The summed E-state index contributed by atoms with van der Waals surface area (Å²) in [7, 11) is -4.97. The van der Waals surface area contributed by atoms with Crippen LogP contribution in [0.4, 0.5) is 8.89 Å². The maximum atomic E-state index is 12.2. The molecule has 0 N–H and O–H groups in total. The molecule has 1 heterocycles. The summed E-state index contributed by atoms with van der Waals surface area (Å²) in [5, 5.41) is 10.6. The summed E-state index contributed by atoms with van der Waals surface area (Å²) >= 11 is 0.566. The first-order chi connectivity index (χ1) is 5.43. The molecule has 5 nitrogen and oxygen atoms in total. The average molecular weight is 211 g/mol. The third kappa shape index (κ3) is 1.59. The van der Waals surface area contributed by atoms with Crippen LogP contribution in [-0.4, -0.2) is 13.3 Å². The van der Waals surface area contributed by atoms with E-state index in [1.807, 2.05) is 0 Å². The number of hydrogen-bond acceptors (Lipinski definition) is 5. The molecule has 0 atom stereocenters. The average Bonchev–Trinajstić information content (AvgIpc) is 2.30. The largest absolute Gasteiger partial charge is 0.345 e. The van der Waals surface area contributed by atoms with Gasteiger partial charge in [0, 0.05) is 0 Å². The van der Waals surface area contributed by atoms with Gasteiger partial charge in [-0.3, -0.25) is 10.1 Å². The summed E-state index contributed by atoms with van der Waals surface area (Å²) in [5.74, 6) is 0. The van der Waals surface area contributed by atoms with Gasteiger partial charge in [-0.15, -0.1) is 3.89 Å². The molecule has 0 aliphatic rings. The van der Waals surface area contributed by atoms with Crippen molar-refractivity contribution in [1.29, 1.82) is 0 Å². The van der Waals surface area contributed by atoms with E-state index in [0.717, 1.165) is 11.4 Å². The Morgan fingerprint density at radius 2 is 2.17 bits per heavy atom. The van der Waals surface area contributed by atoms with Gasteiger partial charge in [0.15, 0.2) is 4.90 Å². The fraction of sp³-hybridized carbons (Fsp3) is 0. The number of thiophene rings is 1. The Balaban J connectivity index is 3.36. The Kier molecular flexibility index (Phi) is 2.11. The maximum absolute atomic E-state index is 12.2. The van der Waals surface area contributed by atoms with Crippen LogP contribution in [0, 0.1) is 10.1 Å². The first-order valence-corrected chi connectivity index (χ1v) is 4.86. The summed E-state index contributed by atoms with van der Waals surface area (Å²) in [6.45, 7) is 0. The topological polar surface area (TPSA) is 77.3 Å². The molecule has 0 aromatic carbocycles. The van der Waals surface area contributed by atoms with Gasteiger partial charge in [-0.2, -0.15) is 8.42 Å². The van der Waals surface area contributed by atoms with Crippen molar-refractivity contribution in [1.82, 2.24) is 0 Å². The van der Waals surface area contributed by atoms with E-state index in [2.05, 4.69) is 0 Å². The van der Waals surface area contributed by atoms with E-state index in [-0.39, 0.29) is 0 Å². The Morgan fingerprint density at radius 1 is 1.58 bits per heavy atom. The van der Waals surface area contributed by atoms with Gasteiger partial charge in [-0.1, -0.05) is 11.3 Å². The smallest absolute Gasteiger partial charge is 0.258 e. The fourth-order valence-electron chi connectivity index (χ4n) is 0.608. The molecule has 0 radical (unpaired) electrons. The lowest BCUT2D eigenvalue weighted by Crippen LogP contribution is -1.94. The van der Waals surface area contributed by atoms with E-state index in [0.29, 0.717) is 11.3 Å². The SMILES string of the molecule is O=[N+]([O-])c1sccc1S(=O)(=O)F. The van der Waals surface area contributed by atoms with Crippen molar-refractivity contribution < 1.29 is 17.2 Å². The molecule has 1 rings (SSSR count). The van der Waals surface area contributed by atoms with Crippen LogP contribution in [0.15, 0.2) is 16.3 Å². The molecule has 1 aromatic heterocycles. The summed E-state index contributed by atoms with van der Waals surface area (Å²) < 4.78 is 32.8. The number of nitro groups is 1. The van der Waals surface area contributed by atoms with Gasteiger partial charge < -0.3 is 0 Å². The molecule has 12 heavy (non-hydrogen) atoms. The molecule has 1 aromatic rings. The van der Waals surface area contributed by atoms with Crippen LogP contribution >= 0.6 is 11.3 Å². The number of hydrogen-bond donors (Lipinski definition) is 0. The highest BCUT2D eigenvalue weighted by molar-refractivity contribution is 7.86. The number of nitrogens with zero attached hydrogens (tertiary/aromatic N) is 1. The van der Waals surface area contributed by atoms with Crippen LogP contribution in [-0.2, 0) is 10.2 Å². The molecular weight excluding hydrogens is 209 g/mol. The number of halogens is 1. The molecule has 0 bridgehead atoms. The zero-order chi connectivity index (χ0) is 9.35. The van der Waals surface area contributed by atoms with E-state index in [1.165, 1.54) is 0 Å². The van der Waals surface area contributed by atoms with Crippen LogP contribution in [0.25, 0.3) is 0 Å². The maximum Gasteiger partial charge on any atom is 0.345 e. The highest BCUT2D eigenvalue weighted by Crippen LogP contribution is 2.30. The van der Waals surface area contributed by atoms with Crippen molar-refractivity contribution in [2.24, 2.45) is 0 Å². The van der Waals surface area contributed by atoms with E-state index in [1.54, 1.807) is 0 Å². The summed E-state index contributed by atoms with van der Waals surface area (Å²) in [5.41, 5.74) is 0. The van der Waals surface area contributed by atoms with E-state index < -0.39 is 25.0 Å². The van der Waals surface area contributed by atoms with Crippen LogP contribution in [0.3, 0.4) is 0 Å². The molecule has 0 amide bonds. The van der Waals surface area contributed by atoms with Crippen molar-refractivity contribution in [2.45, 2.75) is 4.90 Å². The van der Waals surface area contributed by atoms with Crippen molar-refractivity contribution in [3.63, 3.8) is 0 Å². The minimum atomic E-state index is -4.97. The van der Waals surface area contributed by atoms with Crippen LogP contribution in [0.2, 0.25) is 0 Å². The lowest BCUT2D eigenvalue weighted by Gasteiger charge is -1.87. The predicted molar refractivity (Wildman–Crippen MR) is 39.3 cm³/mol. The molecule has 0 unspecified atom stereocenters. The summed E-state index contributed by atoms with van der Waals surface area (Å²) in [6.07, 6.45) is 0. The Morgan fingerprint density at radius 3 is 2.50 bits per heavy atom. The second-order valence-corrected chi connectivity index (χ2v) is 4.00. The molecule has 0 fully saturated rings. The van der Waals surface area contributed by atoms with Gasteiger partial charge in [0.25, 0.3) is 0 Å². The van der Waals surface area contributed by atoms with Crippen LogP contribution in [0.5, 0.6) is 0 Å². The molecule has 0 spiro atoms. The second kappa shape index (κ2) is 2.79. The zero-order valence-corrected chi connectivity index (χ0v) is 7.06. The van der Waals surface area contributed by atoms with Crippen LogP contribution in [0.1, 0.15) is 0 Å². The highest BCUT2D eigenvalue weighted by Gasteiger charge is 2.26. The van der Waals surface area contributed by atoms with Gasteiger partial charge in [-0.25, -0.2) is 0 Å². The fourth-order valence-corrected chi connectivity index (χ4v) is 2.25. The van der Waals surface area contributed by atoms with Crippen molar-refractivity contribution >= 4 is 26.6 Å². The third-order valence-corrected chi connectivity index (χ3v) is 2.89. The Bertz CT molecular complexity index is 408. The molecule has 0 saturated heterocycles. The summed E-state index contributed by atoms with van der Waals surface area (Å²) in [4.78, 5) is 8.30. The zero-order valence-electron chi connectivity index (χ0n) is 5.43. The monoisotopic (exact) mass is 211 g/mol. The lowest BCUT2D eigenvalue weighted by molar-refractivity contribution is -0.383. The van der Waals surface area contributed by atoms with Gasteiger partial charge in [0.05, 0.1) is 4.92 Å². The predicted octanol–water partition coefficient (Wildman–Crippen LogP) is 1.31. The van der Waals surface area contributed by atoms with E-state index in [4.69, 9.17) is 0 Å². The Labute approximate surface area is 70.8 Å². The normalized spacial score (nSPS) is 11.4. The Hall–Kier alpha value is -1.02. The first-order valence-electron chi connectivity index (χ1n) is 2.59. The second-order valence-electron chi connectivity index (χ2n) is 1.78. The van der Waals surface area contributed by atoms with Crippen LogP contribution < -0.4 is 0 Å². The van der Waals surface area contributed by atoms with E-state index in [9.17, 15) is 22.4 Å². The number of rotatable bonds is 2. The molecule has 0 aliphatic heterocycles. The lowest BCUT2D eigenvalue weighted by atomic mass is 10.6.